The number of allylic oxidation sites excluding steroid dienone is 1. The summed E-state index contributed by atoms with van der Waals surface area (Å²) in [4.78, 5) is 4.23. The summed E-state index contributed by atoms with van der Waals surface area (Å²) in [5.41, 5.74) is 2.32. The van der Waals surface area contributed by atoms with E-state index in [2.05, 4.69) is 15.4 Å². The Morgan fingerprint density at radius 2 is 2.04 bits per heavy atom. The zero-order chi connectivity index (χ0) is 16.5. The number of rotatable bonds is 3. The summed E-state index contributed by atoms with van der Waals surface area (Å²) in [5, 5.41) is 7.46. The Balaban J connectivity index is 1.83. The van der Waals surface area contributed by atoms with Crippen LogP contribution in [0.3, 0.4) is 0 Å². The number of ether oxygens (including phenoxy) is 1. The summed E-state index contributed by atoms with van der Waals surface area (Å²) in [5.74, 6) is 1.06. The molecule has 0 radical (unpaired) electrons. The molecule has 1 aromatic heterocycles. The van der Waals surface area contributed by atoms with Crippen molar-refractivity contribution < 1.29 is 9.13 Å². The SMILES string of the molecule is COc1cccc(C2=C[C@@H](c3ccccc3F)n3ncnc3N2)c1. The highest BCUT2D eigenvalue weighted by Gasteiger charge is 2.25. The van der Waals surface area contributed by atoms with Gasteiger partial charge in [0.15, 0.2) is 0 Å². The van der Waals surface area contributed by atoms with Gasteiger partial charge >= 0.3 is 0 Å². The lowest BCUT2D eigenvalue weighted by Gasteiger charge is -2.24. The van der Waals surface area contributed by atoms with Crippen LogP contribution in [0.1, 0.15) is 17.2 Å². The molecule has 3 aromatic rings. The van der Waals surface area contributed by atoms with E-state index < -0.39 is 0 Å². The van der Waals surface area contributed by atoms with Crippen molar-refractivity contribution in [2.45, 2.75) is 6.04 Å². The standard InChI is InChI=1S/C18H15FN4O/c1-24-13-6-4-5-12(9-13)16-10-17(14-7-2-3-8-15(14)19)23-18(22-16)20-11-21-23/h2-11,17H,1H3,(H,20,21,22)/t17-/m0/s1. The van der Waals surface area contributed by atoms with E-state index in [1.807, 2.05) is 36.4 Å². The number of nitrogens with zero attached hydrogens (tertiary/aromatic N) is 3. The summed E-state index contributed by atoms with van der Waals surface area (Å²) >= 11 is 0. The minimum Gasteiger partial charge on any atom is -0.497 e. The number of hydrogen-bond donors (Lipinski definition) is 1. The molecule has 0 unspecified atom stereocenters. The summed E-state index contributed by atoms with van der Waals surface area (Å²) in [7, 11) is 1.63. The summed E-state index contributed by atoms with van der Waals surface area (Å²) < 4.78 is 21.2. The average Bonchev–Trinajstić information content (AvgIpc) is 3.10. The predicted octanol–water partition coefficient (Wildman–Crippen LogP) is 3.48. The first kappa shape index (κ1) is 14.4. The lowest BCUT2D eigenvalue weighted by molar-refractivity contribution is 0.414. The van der Waals surface area contributed by atoms with Crippen LogP contribution in [0.2, 0.25) is 0 Å². The topological polar surface area (TPSA) is 52.0 Å². The van der Waals surface area contributed by atoms with Gasteiger partial charge < -0.3 is 10.1 Å². The van der Waals surface area contributed by atoms with Gasteiger partial charge in [-0.25, -0.2) is 9.07 Å². The van der Waals surface area contributed by atoms with Gasteiger partial charge in [-0.3, -0.25) is 0 Å². The van der Waals surface area contributed by atoms with Crippen LogP contribution < -0.4 is 10.1 Å². The van der Waals surface area contributed by atoms with E-state index in [9.17, 15) is 4.39 Å². The Labute approximate surface area is 138 Å². The number of hydrogen-bond acceptors (Lipinski definition) is 4. The molecule has 2 heterocycles. The lowest BCUT2D eigenvalue weighted by atomic mass is 10.0. The van der Waals surface area contributed by atoms with E-state index in [1.165, 1.54) is 12.4 Å². The second-order valence-corrected chi connectivity index (χ2v) is 5.43. The van der Waals surface area contributed by atoms with Gasteiger partial charge in [0.1, 0.15) is 23.9 Å². The quantitative estimate of drug-likeness (QED) is 0.802. The number of aromatic nitrogens is 3. The van der Waals surface area contributed by atoms with Gasteiger partial charge in [-0.15, -0.1) is 0 Å². The fourth-order valence-corrected chi connectivity index (χ4v) is 2.83. The second-order valence-electron chi connectivity index (χ2n) is 5.43. The summed E-state index contributed by atoms with van der Waals surface area (Å²) in [6.07, 6.45) is 3.40. The molecule has 1 N–H and O–H groups in total. The van der Waals surface area contributed by atoms with E-state index in [0.717, 1.165) is 17.0 Å². The Hall–Kier alpha value is -3.15. The van der Waals surface area contributed by atoms with Crippen molar-refractivity contribution in [3.63, 3.8) is 0 Å². The number of nitrogens with one attached hydrogen (secondary N) is 1. The van der Waals surface area contributed by atoms with E-state index in [-0.39, 0.29) is 11.9 Å². The fraction of sp³-hybridized carbons (Fsp3) is 0.111. The van der Waals surface area contributed by atoms with Crippen molar-refractivity contribution in [3.8, 4) is 5.75 Å². The Morgan fingerprint density at radius 3 is 2.88 bits per heavy atom. The molecule has 4 rings (SSSR count). The summed E-state index contributed by atoms with van der Waals surface area (Å²) in [6.45, 7) is 0. The molecule has 0 saturated carbocycles. The van der Waals surface area contributed by atoms with Crippen LogP contribution in [-0.4, -0.2) is 21.9 Å². The highest BCUT2D eigenvalue weighted by molar-refractivity contribution is 5.77. The maximum atomic E-state index is 14.3. The van der Waals surface area contributed by atoms with Crippen molar-refractivity contribution >= 4 is 11.6 Å². The number of anilines is 1. The zero-order valence-corrected chi connectivity index (χ0v) is 13.0. The van der Waals surface area contributed by atoms with Gasteiger partial charge in [-0.05, 0) is 24.3 Å². The molecule has 1 atom stereocenters. The molecule has 0 spiro atoms. The number of methoxy groups -OCH3 is 1. The highest BCUT2D eigenvalue weighted by Crippen LogP contribution is 2.33. The van der Waals surface area contributed by atoms with E-state index >= 15 is 0 Å². The molecule has 5 nitrogen and oxygen atoms in total. The monoisotopic (exact) mass is 322 g/mol. The minimum atomic E-state index is -0.369. The van der Waals surface area contributed by atoms with Crippen molar-refractivity contribution in [3.05, 3.63) is 77.9 Å². The van der Waals surface area contributed by atoms with Crippen molar-refractivity contribution in [2.75, 3.05) is 12.4 Å². The molecule has 0 amide bonds. The number of fused-ring (bicyclic) bond motifs is 1. The van der Waals surface area contributed by atoms with Gasteiger partial charge in [0.25, 0.3) is 0 Å². The van der Waals surface area contributed by atoms with E-state index in [1.54, 1.807) is 23.9 Å². The average molecular weight is 322 g/mol. The predicted molar refractivity (Wildman–Crippen MR) is 89.2 cm³/mol. The maximum absolute atomic E-state index is 14.3. The summed E-state index contributed by atoms with van der Waals surface area (Å²) in [6, 6.07) is 14.0. The lowest BCUT2D eigenvalue weighted by Crippen LogP contribution is -2.21. The second kappa shape index (κ2) is 5.81. The van der Waals surface area contributed by atoms with Gasteiger partial charge in [0.05, 0.1) is 7.11 Å². The molecule has 2 aromatic carbocycles. The molecular weight excluding hydrogens is 307 g/mol. The van der Waals surface area contributed by atoms with E-state index in [0.29, 0.717) is 11.5 Å². The third-order valence-electron chi connectivity index (χ3n) is 4.01. The smallest absolute Gasteiger partial charge is 0.226 e. The first-order valence-electron chi connectivity index (χ1n) is 7.53. The van der Waals surface area contributed by atoms with Crippen molar-refractivity contribution in [1.82, 2.24) is 14.8 Å². The molecule has 0 saturated heterocycles. The van der Waals surface area contributed by atoms with Crippen LogP contribution in [0.5, 0.6) is 5.75 Å². The van der Waals surface area contributed by atoms with Crippen LogP contribution >= 0.6 is 0 Å². The molecule has 0 fully saturated rings. The van der Waals surface area contributed by atoms with Gasteiger partial charge in [-0.1, -0.05) is 30.3 Å². The molecule has 24 heavy (non-hydrogen) atoms. The van der Waals surface area contributed by atoms with Crippen molar-refractivity contribution in [1.29, 1.82) is 0 Å². The van der Waals surface area contributed by atoms with Crippen LogP contribution in [0, 0.1) is 5.82 Å². The molecule has 6 heteroatoms. The Morgan fingerprint density at radius 1 is 1.17 bits per heavy atom. The Kier molecular flexibility index (Phi) is 3.49. The van der Waals surface area contributed by atoms with Gasteiger partial charge in [0, 0.05) is 16.8 Å². The molecular formula is C18H15FN4O. The van der Waals surface area contributed by atoms with Gasteiger partial charge in [-0.2, -0.15) is 10.1 Å². The van der Waals surface area contributed by atoms with Crippen LogP contribution in [-0.2, 0) is 0 Å². The zero-order valence-electron chi connectivity index (χ0n) is 13.0. The molecule has 1 aliphatic rings. The van der Waals surface area contributed by atoms with Crippen LogP contribution in [0.25, 0.3) is 5.70 Å². The van der Waals surface area contributed by atoms with Crippen LogP contribution in [0.15, 0.2) is 60.9 Å². The largest absolute Gasteiger partial charge is 0.497 e. The number of benzene rings is 2. The first-order chi connectivity index (χ1) is 11.8. The Bertz CT molecular complexity index is 919. The highest BCUT2D eigenvalue weighted by atomic mass is 19.1. The molecule has 0 aliphatic carbocycles. The maximum Gasteiger partial charge on any atom is 0.226 e. The third kappa shape index (κ3) is 2.42. The number of halogens is 1. The molecule has 1 aliphatic heterocycles. The molecule has 120 valence electrons. The first-order valence-corrected chi connectivity index (χ1v) is 7.53. The van der Waals surface area contributed by atoms with Crippen LogP contribution in [0.4, 0.5) is 10.3 Å². The molecule has 0 bridgehead atoms. The van der Waals surface area contributed by atoms with Crippen molar-refractivity contribution in [2.24, 2.45) is 0 Å². The van der Waals surface area contributed by atoms with E-state index in [4.69, 9.17) is 4.74 Å². The normalized spacial score (nSPS) is 16.1. The fourth-order valence-electron chi connectivity index (χ4n) is 2.83. The minimum absolute atomic E-state index is 0.271. The van der Waals surface area contributed by atoms with Gasteiger partial charge in [0.2, 0.25) is 5.95 Å². The third-order valence-corrected chi connectivity index (χ3v) is 4.01.